The molecular weight excluding hydrogens is 390 g/mol. The van der Waals surface area contributed by atoms with Crippen molar-refractivity contribution < 1.29 is 14.2 Å². The normalized spacial score (nSPS) is 10.9. The lowest BCUT2D eigenvalue weighted by molar-refractivity contribution is 0.276. The van der Waals surface area contributed by atoms with Gasteiger partial charge in [-0.1, -0.05) is 42.0 Å². The van der Waals surface area contributed by atoms with Gasteiger partial charge in [-0.3, -0.25) is 5.41 Å². The highest BCUT2D eigenvalue weighted by Crippen LogP contribution is 2.25. The number of hydrogen-bond donors (Lipinski definition) is 1. The number of methoxy groups -OCH3 is 1. The summed E-state index contributed by atoms with van der Waals surface area (Å²) in [7, 11) is 1.63. The average molecular weight is 418 g/mol. The van der Waals surface area contributed by atoms with E-state index in [4.69, 9.17) is 19.6 Å². The molecule has 0 unspecified atom stereocenters. The Morgan fingerprint density at radius 2 is 1.26 bits per heavy atom. The number of fused-ring (bicyclic) bond motifs is 1. The number of rotatable bonds is 9. The van der Waals surface area contributed by atoms with Crippen molar-refractivity contribution in [2.45, 2.75) is 20.0 Å². The number of aryl methyl sites for hydroxylation is 1. The Morgan fingerprint density at radius 3 is 1.87 bits per heavy atom. The summed E-state index contributed by atoms with van der Waals surface area (Å²) in [6, 6.07) is 23.7. The zero-order valence-corrected chi connectivity index (χ0v) is 17.9. The second-order valence-electron chi connectivity index (χ2n) is 7.28. The standard InChI is InChI=1S/C25H27N3O3/c1-19-11-13-20(14-12-19)30-17-15-27-21-7-3-4-8-22(21)28(25(27)26)16-18-31-24-10-6-5-9-23(24)29-2/h3-14,26H,15-18H2,1-2H3. The minimum atomic E-state index is 0.428. The zero-order valence-electron chi connectivity index (χ0n) is 17.9. The first-order valence-electron chi connectivity index (χ1n) is 10.4. The Balaban J connectivity index is 1.48. The van der Waals surface area contributed by atoms with Gasteiger partial charge in [0.15, 0.2) is 11.5 Å². The summed E-state index contributed by atoms with van der Waals surface area (Å²) in [5.41, 5.74) is 3.65. The summed E-state index contributed by atoms with van der Waals surface area (Å²) >= 11 is 0. The van der Waals surface area contributed by atoms with Gasteiger partial charge in [0, 0.05) is 0 Å². The number of imidazole rings is 1. The first-order chi connectivity index (χ1) is 15.2. The van der Waals surface area contributed by atoms with Gasteiger partial charge in [0.05, 0.1) is 31.2 Å². The molecule has 0 aliphatic rings. The van der Waals surface area contributed by atoms with Crippen LogP contribution in [-0.2, 0) is 13.1 Å². The van der Waals surface area contributed by atoms with Crippen LogP contribution >= 0.6 is 0 Å². The highest BCUT2D eigenvalue weighted by Gasteiger charge is 2.11. The molecule has 1 aromatic heterocycles. The van der Waals surface area contributed by atoms with Crippen LogP contribution in [0.25, 0.3) is 11.0 Å². The minimum Gasteiger partial charge on any atom is -0.493 e. The van der Waals surface area contributed by atoms with Crippen LogP contribution in [0.5, 0.6) is 17.2 Å². The van der Waals surface area contributed by atoms with Crippen LogP contribution in [-0.4, -0.2) is 29.5 Å². The first-order valence-corrected chi connectivity index (χ1v) is 10.4. The fourth-order valence-electron chi connectivity index (χ4n) is 3.62. The SMILES string of the molecule is COc1ccccc1OCCn1c(=N)n(CCOc2ccc(C)cc2)c2ccccc21. The Kier molecular flexibility index (Phi) is 6.26. The average Bonchev–Trinajstić information content (AvgIpc) is 3.07. The summed E-state index contributed by atoms with van der Waals surface area (Å²) in [5, 5.41) is 8.74. The van der Waals surface area contributed by atoms with Crippen LogP contribution in [0.3, 0.4) is 0 Å². The molecule has 160 valence electrons. The van der Waals surface area contributed by atoms with Crippen molar-refractivity contribution in [3.8, 4) is 17.2 Å². The number of benzene rings is 3. The van der Waals surface area contributed by atoms with Crippen molar-refractivity contribution in [1.82, 2.24) is 9.13 Å². The molecule has 3 aromatic carbocycles. The van der Waals surface area contributed by atoms with Crippen molar-refractivity contribution in [2.75, 3.05) is 20.3 Å². The molecule has 0 radical (unpaired) electrons. The van der Waals surface area contributed by atoms with Gasteiger partial charge < -0.3 is 23.3 Å². The Bertz CT molecular complexity index is 1210. The third-order valence-corrected chi connectivity index (χ3v) is 5.22. The van der Waals surface area contributed by atoms with Gasteiger partial charge in [-0.15, -0.1) is 0 Å². The van der Waals surface area contributed by atoms with Gasteiger partial charge in [-0.2, -0.15) is 0 Å². The van der Waals surface area contributed by atoms with Gasteiger partial charge in [-0.05, 0) is 43.3 Å². The van der Waals surface area contributed by atoms with Crippen molar-refractivity contribution in [3.05, 3.63) is 84.0 Å². The molecule has 0 aliphatic heterocycles. The molecule has 4 aromatic rings. The van der Waals surface area contributed by atoms with Crippen molar-refractivity contribution in [3.63, 3.8) is 0 Å². The Labute approximate surface area is 181 Å². The first kappa shape index (κ1) is 20.6. The molecule has 1 heterocycles. The summed E-state index contributed by atoms with van der Waals surface area (Å²) < 4.78 is 21.1. The van der Waals surface area contributed by atoms with E-state index < -0.39 is 0 Å². The molecule has 0 atom stereocenters. The summed E-state index contributed by atoms with van der Waals surface area (Å²) in [4.78, 5) is 0. The third kappa shape index (κ3) is 4.58. The molecule has 1 N–H and O–H groups in total. The van der Waals surface area contributed by atoms with Crippen molar-refractivity contribution >= 4 is 11.0 Å². The third-order valence-electron chi connectivity index (χ3n) is 5.22. The fraction of sp³-hybridized carbons (Fsp3) is 0.240. The summed E-state index contributed by atoms with van der Waals surface area (Å²) in [6.07, 6.45) is 0. The lowest BCUT2D eigenvalue weighted by Gasteiger charge is -2.11. The molecule has 31 heavy (non-hydrogen) atoms. The maximum Gasteiger partial charge on any atom is 0.203 e. The van der Waals surface area contributed by atoms with Crippen LogP contribution in [0.1, 0.15) is 5.56 Å². The van der Waals surface area contributed by atoms with Gasteiger partial charge >= 0.3 is 0 Å². The number of ether oxygens (including phenoxy) is 3. The quantitative estimate of drug-likeness (QED) is 0.439. The number of aromatic nitrogens is 2. The highest BCUT2D eigenvalue weighted by atomic mass is 16.5. The van der Waals surface area contributed by atoms with Crippen LogP contribution in [0, 0.1) is 12.3 Å². The van der Waals surface area contributed by atoms with Crippen LogP contribution in [0.2, 0.25) is 0 Å². The second-order valence-corrected chi connectivity index (χ2v) is 7.28. The lowest BCUT2D eigenvalue weighted by atomic mass is 10.2. The molecule has 0 spiro atoms. The van der Waals surface area contributed by atoms with E-state index in [0.717, 1.165) is 16.8 Å². The monoisotopic (exact) mass is 417 g/mol. The van der Waals surface area contributed by atoms with E-state index in [9.17, 15) is 0 Å². The Hall–Kier alpha value is -3.67. The molecule has 0 bridgehead atoms. The van der Waals surface area contributed by atoms with E-state index in [1.54, 1.807) is 7.11 Å². The lowest BCUT2D eigenvalue weighted by Crippen LogP contribution is -2.28. The van der Waals surface area contributed by atoms with E-state index in [2.05, 4.69) is 6.92 Å². The van der Waals surface area contributed by atoms with E-state index >= 15 is 0 Å². The predicted molar refractivity (Wildman–Crippen MR) is 121 cm³/mol. The van der Waals surface area contributed by atoms with E-state index in [1.165, 1.54) is 5.56 Å². The Morgan fingerprint density at radius 1 is 0.710 bits per heavy atom. The smallest absolute Gasteiger partial charge is 0.203 e. The van der Waals surface area contributed by atoms with Gasteiger partial charge in [0.2, 0.25) is 5.62 Å². The molecule has 6 heteroatoms. The topological polar surface area (TPSA) is 61.4 Å². The maximum absolute atomic E-state index is 8.74. The van der Waals surface area contributed by atoms with Gasteiger partial charge in [-0.25, -0.2) is 0 Å². The number of nitrogens with one attached hydrogen (secondary N) is 1. The second kappa shape index (κ2) is 9.43. The molecule has 0 aliphatic carbocycles. The minimum absolute atomic E-state index is 0.428. The highest BCUT2D eigenvalue weighted by molar-refractivity contribution is 5.75. The van der Waals surface area contributed by atoms with E-state index in [-0.39, 0.29) is 0 Å². The largest absolute Gasteiger partial charge is 0.493 e. The zero-order chi connectivity index (χ0) is 21.6. The number of hydrogen-bond acceptors (Lipinski definition) is 4. The van der Waals surface area contributed by atoms with Crippen molar-refractivity contribution in [2.24, 2.45) is 0 Å². The molecule has 4 rings (SSSR count). The number of nitrogens with zero attached hydrogens (tertiary/aromatic N) is 2. The molecule has 0 amide bonds. The summed E-state index contributed by atoms with van der Waals surface area (Å²) in [6.45, 7) is 4.13. The van der Waals surface area contributed by atoms with Gasteiger partial charge in [0.1, 0.15) is 19.0 Å². The van der Waals surface area contributed by atoms with Crippen LogP contribution in [0.4, 0.5) is 0 Å². The maximum atomic E-state index is 8.74. The fourth-order valence-corrected chi connectivity index (χ4v) is 3.62. The number of para-hydroxylation sites is 4. The molecular formula is C25H27N3O3. The summed E-state index contributed by atoms with van der Waals surface area (Å²) in [5.74, 6) is 2.24. The van der Waals surface area contributed by atoms with E-state index in [0.29, 0.717) is 43.4 Å². The molecule has 0 fully saturated rings. The van der Waals surface area contributed by atoms with Crippen LogP contribution < -0.4 is 19.8 Å². The van der Waals surface area contributed by atoms with Crippen molar-refractivity contribution in [1.29, 1.82) is 5.41 Å². The molecule has 0 saturated heterocycles. The van der Waals surface area contributed by atoms with Gasteiger partial charge in [0.25, 0.3) is 0 Å². The van der Waals surface area contributed by atoms with Crippen LogP contribution in [0.15, 0.2) is 72.8 Å². The molecule has 0 saturated carbocycles. The predicted octanol–water partition coefficient (Wildman–Crippen LogP) is 4.40. The van der Waals surface area contributed by atoms with E-state index in [1.807, 2.05) is 81.9 Å². The molecule has 6 nitrogen and oxygen atoms in total.